The summed E-state index contributed by atoms with van der Waals surface area (Å²) in [4.78, 5) is 12.6. The number of methoxy groups -OCH3 is 2. The number of nitro groups is 1. The van der Waals surface area contributed by atoms with E-state index >= 15 is 0 Å². The number of hydrogen-bond donors (Lipinski definition) is 1. The Morgan fingerprint density at radius 2 is 1.81 bits per heavy atom. The summed E-state index contributed by atoms with van der Waals surface area (Å²) < 4.78 is 10.3. The Hall–Kier alpha value is -2.02. The fourth-order valence-electron chi connectivity index (χ4n) is 2.41. The number of aliphatic hydroxyl groups is 1. The zero-order valence-corrected chi connectivity index (χ0v) is 12.6. The number of β-amino-alcohol motifs (C(OH)–C–C–N with tert-alkyl or cyclic N) is 1. The van der Waals surface area contributed by atoms with Crippen LogP contribution in [0.2, 0.25) is 0 Å². The fraction of sp³-hybridized carbons (Fsp3) is 0.571. The zero-order chi connectivity index (χ0) is 15.8. The van der Waals surface area contributed by atoms with E-state index in [9.17, 15) is 15.2 Å². The van der Waals surface area contributed by atoms with Gasteiger partial charge in [0.15, 0.2) is 11.5 Å². The van der Waals surface area contributed by atoms with Gasteiger partial charge in [-0.3, -0.25) is 10.1 Å². The van der Waals surface area contributed by atoms with Crippen LogP contribution in [0.1, 0.15) is 13.8 Å². The van der Waals surface area contributed by atoms with E-state index in [2.05, 4.69) is 0 Å². The van der Waals surface area contributed by atoms with Gasteiger partial charge in [-0.1, -0.05) is 13.8 Å². The molecule has 0 radical (unpaired) electrons. The minimum atomic E-state index is -0.805. The molecule has 1 heterocycles. The van der Waals surface area contributed by atoms with Crippen molar-refractivity contribution in [3.05, 3.63) is 22.2 Å². The number of benzene rings is 1. The average Bonchev–Trinajstić information content (AvgIpc) is 2.41. The molecule has 0 aliphatic carbocycles. The third kappa shape index (κ3) is 2.61. The fourth-order valence-corrected chi connectivity index (χ4v) is 2.41. The van der Waals surface area contributed by atoms with Crippen molar-refractivity contribution in [2.45, 2.75) is 19.4 Å². The summed E-state index contributed by atoms with van der Waals surface area (Å²) in [6.45, 7) is 4.59. The summed E-state index contributed by atoms with van der Waals surface area (Å²) in [5, 5.41) is 21.6. The van der Waals surface area contributed by atoms with E-state index < -0.39 is 10.5 Å². The monoisotopic (exact) mass is 296 g/mol. The van der Waals surface area contributed by atoms with Gasteiger partial charge in [0.2, 0.25) is 0 Å². The maximum atomic E-state index is 11.2. The van der Waals surface area contributed by atoms with Gasteiger partial charge in [0, 0.05) is 19.2 Å². The van der Waals surface area contributed by atoms with Crippen LogP contribution in [-0.4, -0.2) is 42.9 Å². The molecule has 0 saturated carbocycles. The zero-order valence-electron chi connectivity index (χ0n) is 12.6. The lowest BCUT2D eigenvalue weighted by molar-refractivity contribution is -0.384. The van der Waals surface area contributed by atoms with Crippen molar-refractivity contribution in [3.63, 3.8) is 0 Å². The van der Waals surface area contributed by atoms with Crippen molar-refractivity contribution in [2.75, 3.05) is 32.2 Å². The summed E-state index contributed by atoms with van der Waals surface area (Å²) in [5.41, 5.74) is -0.428. The third-order valence-electron chi connectivity index (χ3n) is 4.02. The molecule has 21 heavy (non-hydrogen) atoms. The lowest BCUT2D eigenvalue weighted by Gasteiger charge is -2.50. The summed E-state index contributed by atoms with van der Waals surface area (Å²) in [5.74, 6) is 0.832. The standard InChI is InChI=1S/C14H20N2O5/c1-9(2)14(17)7-15(8-14)10-5-12(20-3)13(21-4)6-11(10)16(18)19/h5-6,9,17H,7-8H2,1-4H3. The van der Waals surface area contributed by atoms with Gasteiger partial charge in [-0.25, -0.2) is 0 Å². The maximum absolute atomic E-state index is 11.2. The predicted octanol–water partition coefficient (Wildman–Crippen LogP) is 1.82. The van der Waals surface area contributed by atoms with Crippen molar-refractivity contribution in [2.24, 2.45) is 5.92 Å². The Morgan fingerprint density at radius 1 is 1.29 bits per heavy atom. The maximum Gasteiger partial charge on any atom is 0.296 e. The first-order valence-electron chi connectivity index (χ1n) is 6.70. The van der Waals surface area contributed by atoms with Crippen LogP contribution in [0.5, 0.6) is 11.5 Å². The van der Waals surface area contributed by atoms with Crippen LogP contribution in [0.25, 0.3) is 0 Å². The average molecular weight is 296 g/mol. The first kappa shape index (κ1) is 15.4. The van der Waals surface area contributed by atoms with Crippen LogP contribution in [0.4, 0.5) is 11.4 Å². The summed E-state index contributed by atoms with van der Waals surface area (Å²) in [6.07, 6.45) is 0. The third-order valence-corrected chi connectivity index (χ3v) is 4.02. The van der Waals surface area contributed by atoms with Crippen molar-refractivity contribution < 1.29 is 19.5 Å². The first-order chi connectivity index (χ1) is 9.82. The van der Waals surface area contributed by atoms with Gasteiger partial charge >= 0.3 is 0 Å². The van der Waals surface area contributed by atoms with E-state index in [4.69, 9.17) is 9.47 Å². The second-order valence-corrected chi connectivity index (χ2v) is 5.57. The molecule has 0 amide bonds. The molecule has 7 nitrogen and oxygen atoms in total. The summed E-state index contributed by atoms with van der Waals surface area (Å²) in [7, 11) is 2.91. The SMILES string of the molecule is COc1cc(N2CC(O)(C(C)C)C2)c([N+](=O)[O-])cc1OC. The molecule has 116 valence electrons. The first-order valence-corrected chi connectivity index (χ1v) is 6.70. The van der Waals surface area contributed by atoms with Gasteiger partial charge in [-0.2, -0.15) is 0 Å². The van der Waals surface area contributed by atoms with Crippen molar-refractivity contribution in [1.82, 2.24) is 0 Å². The largest absolute Gasteiger partial charge is 0.493 e. The molecule has 1 aromatic carbocycles. The van der Waals surface area contributed by atoms with E-state index in [1.807, 2.05) is 13.8 Å². The Labute approximate surface area is 123 Å². The van der Waals surface area contributed by atoms with E-state index in [1.54, 1.807) is 11.0 Å². The molecular weight excluding hydrogens is 276 g/mol. The molecule has 1 aliphatic rings. The van der Waals surface area contributed by atoms with Crippen molar-refractivity contribution in [3.8, 4) is 11.5 Å². The van der Waals surface area contributed by atoms with Gasteiger partial charge in [0.1, 0.15) is 11.3 Å². The Kier molecular flexibility index (Phi) is 3.95. The summed E-state index contributed by atoms with van der Waals surface area (Å²) in [6, 6.07) is 2.93. The van der Waals surface area contributed by atoms with Gasteiger partial charge in [0.25, 0.3) is 5.69 Å². The lowest BCUT2D eigenvalue weighted by atomic mass is 9.82. The van der Waals surface area contributed by atoms with E-state index in [-0.39, 0.29) is 11.6 Å². The second-order valence-electron chi connectivity index (χ2n) is 5.57. The highest BCUT2D eigenvalue weighted by Crippen LogP contribution is 2.43. The number of ether oxygens (including phenoxy) is 2. The van der Waals surface area contributed by atoms with Gasteiger partial charge < -0.3 is 19.5 Å². The molecule has 1 aliphatic heterocycles. The normalized spacial score (nSPS) is 16.6. The molecule has 1 fully saturated rings. The molecule has 0 spiro atoms. The van der Waals surface area contributed by atoms with Crippen LogP contribution in [0.15, 0.2) is 12.1 Å². The van der Waals surface area contributed by atoms with Crippen LogP contribution in [-0.2, 0) is 0 Å². The summed E-state index contributed by atoms with van der Waals surface area (Å²) >= 11 is 0. The van der Waals surface area contributed by atoms with Crippen LogP contribution >= 0.6 is 0 Å². The molecule has 1 saturated heterocycles. The van der Waals surface area contributed by atoms with Crippen molar-refractivity contribution in [1.29, 1.82) is 0 Å². The Morgan fingerprint density at radius 3 is 2.24 bits per heavy atom. The molecule has 0 atom stereocenters. The minimum Gasteiger partial charge on any atom is -0.493 e. The topological polar surface area (TPSA) is 85.1 Å². The second kappa shape index (κ2) is 5.40. The Bertz CT molecular complexity index is 553. The van der Waals surface area contributed by atoms with E-state index in [1.165, 1.54) is 20.3 Å². The minimum absolute atomic E-state index is 0.0570. The van der Waals surface area contributed by atoms with Gasteiger partial charge in [-0.15, -0.1) is 0 Å². The number of nitro benzene ring substituents is 1. The molecule has 0 bridgehead atoms. The highest BCUT2D eigenvalue weighted by Gasteiger charge is 2.45. The Balaban J connectivity index is 2.37. The molecule has 1 aromatic rings. The number of nitrogens with zero attached hydrogens (tertiary/aromatic N) is 2. The predicted molar refractivity (Wildman–Crippen MR) is 78.2 cm³/mol. The molecule has 1 N–H and O–H groups in total. The number of hydrogen-bond acceptors (Lipinski definition) is 6. The number of rotatable bonds is 5. The van der Waals surface area contributed by atoms with Crippen molar-refractivity contribution >= 4 is 11.4 Å². The van der Waals surface area contributed by atoms with Crippen LogP contribution in [0.3, 0.4) is 0 Å². The molecular formula is C14H20N2O5. The smallest absolute Gasteiger partial charge is 0.296 e. The molecule has 0 aromatic heterocycles. The van der Waals surface area contributed by atoms with Crippen LogP contribution < -0.4 is 14.4 Å². The molecule has 0 unspecified atom stereocenters. The van der Waals surface area contributed by atoms with Crippen LogP contribution in [0, 0.1) is 16.0 Å². The number of anilines is 1. The van der Waals surface area contributed by atoms with Gasteiger partial charge in [0.05, 0.1) is 25.2 Å². The highest BCUT2D eigenvalue weighted by molar-refractivity contribution is 5.71. The highest BCUT2D eigenvalue weighted by atomic mass is 16.6. The van der Waals surface area contributed by atoms with E-state index in [0.717, 1.165) is 0 Å². The molecule has 7 heteroatoms. The quantitative estimate of drug-likeness (QED) is 0.659. The van der Waals surface area contributed by atoms with Gasteiger partial charge in [-0.05, 0) is 5.92 Å². The van der Waals surface area contributed by atoms with E-state index in [0.29, 0.717) is 30.3 Å². The lowest BCUT2D eigenvalue weighted by Crippen LogP contribution is -2.64. The molecule has 2 rings (SSSR count).